The van der Waals surface area contributed by atoms with Crippen LogP contribution in [0.3, 0.4) is 0 Å². The molecular weight excluding hydrogens is 462 g/mol. The van der Waals surface area contributed by atoms with E-state index in [-0.39, 0.29) is 28.9 Å². The maximum absolute atomic E-state index is 12.3. The van der Waals surface area contributed by atoms with E-state index in [4.69, 9.17) is 13.3 Å². The number of allylic oxidation sites excluding steroid dienone is 1. The molecular formula is C19H34BrNO5SSi. The molecule has 0 aromatic carbocycles. The first-order valence-corrected chi connectivity index (χ1v) is 14.6. The van der Waals surface area contributed by atoms with Crippen LogP contribution in [0.1, 0.15) is 41.0 Å². The number of hydrogen-bond acceptors (Lipinski definition) is 6. The van der Waals surface area contributed by atoms with Crippen molar-refractivity contribution in [2.24, 2.45) is 0 Å². The van der Waals surface area contributed by atoms with Gasteiger partial charge in [-0.25, -0.2) is 0 Å². The molecule has 0 N–H and O–H groups in total. The van der Waals surface area contributed by atoms with Crippen molar-refractivity contribution in [2.75, 3.05) is 18.2 Å². The Bertz CT molecular complexity index is 593. The van der Waals surface area contributed by atoms with Crippen molar-refractivity contribution < 1.29 is 22.9 Å². The van der Waals surface area contributed by atoms with Gasteiger partial charge < -0.3 is 13.3 Å². The summed E-state index contributed by atoms with van der Waals surface area (Å²) in [6.07, 6.45) is 3.06. The van der Waals surface area contributed by atoms with Crippen LogP contribution in [-0.2, 0) is 22.9 Å². The molecule has 9 heteroatoms. The number of nitrogens with zero attached hydrogens (tertiary/aromatic N) is 1. The second-order valence-electron chi connectivity index (χ2n) is 8.50. The number of carbonyl (C=O) groups is 2. The van der Waals surface area contributed by atoms with E-state index in [9.17, 15) is 9.59 Å². The van der Waals surface area contributed by atoms with Gasteiger partial charge in [-0.1, -0.05) is 36.7 Å². The number of amides is 1. The molecule has 1 heterocycles. The van der Waals surface area contributed by atoms with Gasteiger partial charge in [-0.05, 0) is 37.1 Å². The molecule has 0 bridgehead atoms. The number of hydrogen-bond donors (Lipinski definition) is 0. The van der Waals surface area contributed by atoms with E-state index >= 15 is 0 Å². The second kappa shape index (κ2) is 10.7. The molecule has 0 unspecified atom stereocenters. The number of Topliss-reactive ketones (excluding diaryl/α,β-unsaturated/α-hetero) is 1. The number of ether oxygens (including phenoxy) is 1. The number of ketones is 1. The first kappa shape index (κ1) is 25.8. The Morgan fingerprint density at radius 1 is 1.32 bits per heavy atom. The van der Waals surface area contributed by atoms with Crippen LogP contribution in [0.2, 0.25) is 18.1 Å². The Morgan fingerprint density at radius 3 is 2.36 bits per heavy atom. The third-order valence-corrected chi connectivity index (χ3v) is 10.8. The summed E-state index contributed by atoms with van der Waals surface area (Å²) >= 11 is 4.59. The van der Waals surface area contributed by atoms with Crippen LogP contribution >= 0.6 is 28.0 Å². The molecule has 1 fully saturated rings. The molecule has 1 rings (SSSR count). The Kier molecular flexibility index (Phi) is 9.90. The molecule has 0 aliphatic carbocycles. The van der Waals surface area contributed by atoms with Gasteiger partial charge in [0.1, 0.15) is 12.3 Å². The summed E-state index contributed by atoms with van der Waals surface area (Å²) in [6, 6.07) is 0. The van der Waals surface area contributed by atoms with Crippen LogP contribution < -0.4 is 0 Å². The molecule has 1 amide bonds. The lowest BCUT2D eigenvalue weighted by atomic mass is 10.2. The molecule has 0 aromatic rings. The standard InChI is InChI=1S/C19H34BrNO5SSi/c1-13(22)15(10-20)11-21(14(2)23)18-9-16(17(25-18)12-24-27-6)26-28(7,8)19(3,4)5/h11,16-18H,9-10,12H2,1-8H3/b15-11-/t16-,17-,18-/m1/s1. The van der Waals surface area contributed by atoms with Crippen LogP contribution in [0.4, 0.5) is 0 Å². The van der Waals surface area contributed by atoms with Gasteiger partial charge in [-0.15, -0.1) is 0 Å². The number of halogens is 1. The lowest BCUT2D eigenvalue weighted by Gasteiger charge is -2.39. The van der Waals surface area contributed by atoms with E-state index in [1.54, 1.807) is 6.20 Å². The molecule has 1 saturated heterocycles. The predicted molar refractivity (Wildman–Crippen MR) is 120 cm³/mol. The van der Waals surface area contributed by atoms with Crippen LogP contribution in [0.25, 0.3) is 0 Å². The van der Waals surface area contributed by atoms with Crippen LogP contribution in [0, 0.1) is 0 Å². The Labute approximate surface area is 183 Å². The summed E-state index contributed by atoms with van der Waals surface area (Å²) in [7, 11) is -2.02. The number of alkyl halides is 1. The zero-order valence-electron chi connectivity index (χ0n) is 18.2. The maximum atomic E-state index is 12.3. The quantitative estimate of drug-likeness (QED) is 0.203. The second-order valence-corrected chi connectivity index (χ2v) is 14.4. The Balaban J connectivity index is 3.11. The molecule has 1 aliphatic heterocycles. The average molecular weight is 497 g/mol. The fourth-order valence-corrected chi connectivity index (χ4v) is 4.77. The van der Waals surface area contributed by atoms with E-state index in [1.807, 2.05) is 6.26 Å². The molecule has 162 valence electrons. The smallest absolute Gasteiger partial charge is 0.225 e. The third-order valence-electron chi connectivity index (χ3n) is 5.35. The van der Waals surface area contributed by atoms with E-state index in [0.29, 0.717) is 23.9 Å². The largest absolute Gasteiger partial charge is 0.411 e. The number of rotatable bonds is 9. The molecule has 3 atom stereocenters. The van der Waals surface area contributed by atoms with Gasteiger partial charge in [-0.3, -0.25) is 14.5 Å². The van der Waals surface area contributed by atoms with Gasteiger partial charge in [0.25, 0.3) is 0 Å². The van der Waals surface area contributed by atoms with E-state index in [1.165, 1.54) is 30.8 Å². The van der Waals surface area contributed by atoms with Gasteiger partial charge in [0.15, 0.2) is 14.1 Å². The van der Waals surface area contributed by atoms with Crippen molar-refractivity contribution in [2.45, 2.75) is 77.6 Å². The topological polar surface area (TPSA) is 65.1 Å². The van der Waals surface area contributed by atoms with Gasteiger partial charge in [0.2, 0.25) is 5.91 Å². The third kappa shape index (κ3) is 6.95. The maximum Gasteiger partial charge on any atom is 0.225 e. The first-order valence-electron chi connectivity index (χ1n) is 9.39. The van der Waals surface area contributed by atoms with E-state index in [2.05, 4.69) is 49.8 Å². The minimum atomic E-state index is -2.02. The molecule has 0 saturated carbocycles. The average Bonchev–Trinajstić information content (AvgIpc) is 2.93. The van der Waals surface area contributed by atoms with Gasteiger partial charge in [0.05, 0.1) is 12.7 Å². The Hall–Kier alpha value is -0.193. The SMILES string of the molecule is CSOC[C@H]1O[C@@H](N(/C=C(/CBr)C(C)=O)C(C)=O)C[C@H]1O[Si](C)(C)C(C)(C)C. The summed E-state index contributed by atoms with van der Waals surface area (Å²) in [5.41, 5.74) is 0.518. The molecule has 6 nitrogen and oxygen atoms in total. The highest BCUT2D eigenvalue weighted by atomic mass is 79.9. The van der Waals surface area contributed by atoms with Crippen molar-refractivity contribution >= 4 is 48.0 Å². The lowest BCUT2D eigenvalue weighted by molar-refractivity contribution is -0.138. The van der Waals surface area contributed by atoms with Crippen LogP contribution in [-0.4, -0.2) is 61.5 Å². The van der Waals surface area contributed by atoms with Gasteiger partial charge in [0, 0.05) is 36.7 Å². The van der Waals surface area contributed by atoms with Crippen molar-refractivity contribution in [3.05, 3.63) is 11.8 Å². The van der Waals surface area contributed by atoms with Crippen molar-refractivity contribution in [3.8, 4) is 0 Å². The zero-order valence-corrected chi connectivity index (χ0v) is 21.6. The van der Waals surface area contributed by atoms with Crippen LogP contribution in [0.5, 0.6) is 0 Å². The summed E-state index contributed by atoms with van der Waals surface area (Å²) in [6.45, 7) is 14.3. The normalized spacial score (nSPS) is 23.8. The van der Waals surface area contributed by atoms with Crippen molar-refractivity contribution in [3.63, 3.8) is 0 Å². The Morgan fingerprint density at radius 2 is 1.93 bits per heavy atom. The fraction of sp³-hybridized carbons (Fsp3) is 0.789. The van der Waals surface area contributed by atoms with Crippen molar-refractivity contribution in [1.29, 1.82) is 0 Å². The molecule has 28 heavy (non-hydrogen) atoms. The van der Waals surface area contributed by atoms with E-state index < -0.39 is 14.5 Å². The van der Waals surface area contributed by atoms with Gasteiger partial charge >= 0.3 is 0 Å². The first-order chi connectivity index (χ1) is 12.8. The predicted octanol–water partition coefficient (Wildman–Crippen LogP) is 4.50. The highest BCUT2D eigenvalue weighted by Crippen LogP contribution is 2.40. The van der Waals surface area contributed by atoms with E-state index in [0.717, 1.165) is 0 Å². The molecule has 0 aromatic heterocycles. The highest BCUT2D eigenvalue weighted by Gasteiger charge is 2.46. The lowest BCUT2D eigenvalue weighted by Crippen LogP contribution is -2.46. The molecule has 1 aliphatic rings. The number of carbonyl (C=O) groups excluding carboxylic acids is 2. The molecule has 0 spiro atoms. The highest BCUT2D eigenvalue weighted by molar-refractivity contribution is 9.09. The fourth-order valence-electron chi connectivity index (χ4n) is 2.60. The monoisotopic (exact) mass is 495 g/mol. The summed E-state index contributed by atoms with van der Waals surface area (Å²) in [5, 5.41) is 0.440. The minimum absolute atomic E-state index is 0.0634. The molecule has 0 radical (unpaired) electrons. The van der Waals surface area contributed by atoms with Crippen LogP contribution in [0.15, 0.2) is 11.8 Å². The minimum Gasteiger partial charge on any atom is -0.411 e. The summed E-state index contributed by atoms with van der Waals surface area (Å²) in [5.74, 6) is -0.264. The zero-order chi connectivity index (χ0) is 21.7. The summed E-state index contributed by atoms with van der Waals surface area (Å²) < 4.78 is 18.3. The van der Waals surface area contributed by atoms with Crippen molar-refractivity contribution in [1.82, 2.24) is 4.90 Å². The van der Waals surface area contributed by atoms with Gasteiger partial charge in [-0.2, -0.15) is 0 Å². The summed E-state index contributed by atoms with van der Waals surface area (Å²) in [4.78, 5) is 25.6.